The Morgan fingerprint density at radius 3 is 2.74 bits per heavy atom. The van der Waals surface area contributed by atoms with Gasteiger partial charge in [-0.15, -0.1) is 0 Å². The monoisotopic (exact) mass is 259 g/mol. The van der Waals surface area contributed by atoms with Gasteiger partial charge in [-0.2, -0.15) is 0 Å². The van der Waals surface area contributed by atoms with E-state index in [0.717, 1.165) is 24.9 Å². The summed E-state index contributed by atoms with van der Waals surface area (Å²) in [5, 5.41) is 3.44. The lowest BCUT2D eigenvalue weighted by Crippen LogP contribution is -2.23. The van der Waals surface area contributed by atoms with E-state index >= 15 is 0 Å². The molecule has 1 aromatic rings. The van der Waals surface area contributed by atoms with E-state index in [9.17, 15) is 4.79 Å². The Morgan fingerprint density at radius 1 is 1.37 bits per heavy atom. The fraction of sp³-hybridized carbons (Fsp3) is 0.400. The molecule has 4 heteroatoms. The SMILES string of the molecule is CN(C)C(=O)c1ccc(NC2CC=CCC2)c(N)c1. The quantitative estimate of drug-likeness (QED) is 0.647. The zero-order valence-corrected chi connectivity index (χ0v) is 11.5. The third-order valence-electron chi connectivity index (χ3n) is 3.33. The third kappa shape index (κ3) is 3.28. The maximum atomic E-state index is 11.8. The second-order valence-electron chi connectivity index (χ2n) is 5.13. The molecule has 2 rings (SSSR count). The molecule has 3 N–H and O–H groups in total. The van der Waals surface area contributed by atoms with Crippen molar-refractivity contribution in [2.75, 3.05) is 25.1 Å². The number of rotatable bonds is 3. The lowest BCUT2D eigenvalue weighted by molar-refractivity contribution is 0.0827. The van der Waals surface area contributed by atoms with Crippen LogP contribution in [0.5, 0.6) is 0 Å². The summed E-state index contributed by atoms with van der Waals surface area (Å²) in [4.78, 5) is 13.4. The molecule has 0 heterocycles. The highest BCUT2D eigenvalue weighted by atomic mass is 16.2. The Morgan fingerprint density at radius 2 is 2.16 bits per heavy atom. The molecule has 1 unspecified atom stereocenters. The minimum Gasteiger partial charge on any atom is -0.397 e. The lowest BCUT2D eigenvalue weighted by atomic mass is 10.0. The molecular formula is C15H21N3O. The number of benzene rings is 1. The average molecular weight is 259 g/mol. The van der Waals surface area contributed by atoms with Crippen molar-refractivity contribution >= 4 is 17.3 Å². The number of hydrogen-bond acceptors (Lipinski definition) is 3. The number of nitrogens with zero attached hydrogens (tertiary/aromatic N) is 1. The molecule has 0 spiro atoms. The van der Waals surface area contributed by atoms with E-state index in [0.29, 0.717) is 17.3 Å². The van der Waals surface area contributed by atoms with E-state index in [1.807, 2.05) is 12.1 Å². The van der Waals surface area contributed by atoms with Crippen LogP contribution in [0.2, 0.25) is 0 Å². The molecule has 0 aliphatic heterocycles. The maximum Gasteiger partial charge on any atom is 0.253 e. The first-order valence-corrected chi connectivity index (χ1v) is 6.60. The van der Waals surface area contributed by atoms with E-state index in [1.165, 1.54) is 0 Å². The highest BCUT2D eigenvalue weighted by molar-refractivity contribution is 5.95. The number of anilines is 2. The van der Waals surface area contributed by atoms with Crippen LogP contribution in [0.25, 0.3) is 0 Å². The van der Waals surface area contributed by atoms with Gasteiger partial charge in [-0.3, -0.25) is 4.79 Å². The van der Waals surface area contributed by atoms with Crippen molar-refractivity contribution in [2.24, 2.45) is 0 Å². The smallest absolute Gasteiger partial charge is 0.253 e. The van der Waals surface area contributed by atoms with E-state index in [2.05, 4.69) is 17.5 Å². The molecule has 19 heavy (non-hydrogen) atoms. The predicted octanol–water partition coefficient (Wildman–Crippen LogP) is 2.49. The van der Waals surface area contributed by atoms with Gasteiger partial charge in [0.25, 0.3) is 5.91 Å². The molecule has 1 aliphatic carbocycles. The first-order valence-electron chi connectivity index (χ1n) is 6.60. The van der Waals surface area contributed by atoms with Gasteiger partial charge < -0.3 is 16.0 Å². The van der Waals surface area contributed by atoms with E-state index < -0.39 is 0 Å². The Kier molecular flexibility index (Phi) is 4.10. The van der Waals surface area contributed by atoms with Gasteiger partial charge in [-0.1, -0.05) is 12.2 Å². The van der Waals surface area contributed by atoms with Gasteiger partial charge in [-0.05, 0) is 37.5 Å². The van der Waals surface area contributed by atoms with E-state index in [4.69, 9.17) is 5.73 Å². The van der Waals surface area contributed by atoms with Crippen molar-refractivity contribution in [1.29, 1.82) is 0 Å². The number of carbonyl (C=O) groups is 1. The molecule has 0 saturated heterocycles. The van der Waals surface area contributed by atoms with Gasteiger partial charge in [0, 0.05) is 25.7 Å². The fourth-order valence-corrected chi connectivity index (χ4v) is 2.23. The standard InChI is InChI=1S/C15H21N3O/c1-18(2)15(19)11-8-9-14(13(16)10-11)17-12-6-4-3-5-7-12/h3-4,8-10,12,17H,5-7,16H2,1-2H3. The minimum absolute atomic E-state index is 0.0288. The zero-order chi connectivity index (χ0) is 13.8. The summed E-state index contributed by atoms with van der Waals surface area (Å²) in [5.41, 5.74) is 8.19. The van der Waals surface area contributed by atoms with Crippen LogP contribution in [0, 0.1) is 0 Å². The summed E-state index contributed by atoms with van der Waals surface area (Å²) in [7, 11) is 3.47. The van der Waals surface area contributed by atoms with Crippen molar-refractivity contribution in [3.05, 3.63) is 35.9 Å². The molecule has 1 aliphatic rings. The van der Waals surface area contributed by atoms with Gasteiger partial charge in [0.05, 0.1) is 11.4 Å². The Labute approximate surface area is 114 Å². The van der Waals surface area contributed by atoms with Crippen molar-refractivity contribution in [2.45, 2.75) is 25.3 Å². The zero-order valence-electron chi connectivity index (χ0n) is 11.5. The number of carbonyl (C=O) groups excluding carboxylic acids is 1. The van der Waals surface area contributed by atoms with Gasteiger partial charge in [0.1, 0.15) is 0 Å². The molecule has 1 aromatic carbocycles. The Balaban J connectivity index is 2.10. The molecule has 0 aromatic heterocycles. The van der Waals surface area contributed by atoms with Crippen molar-refractivity contribution < 1.29 is 4.79 Å². The number of nitrogens with two attached hydrogens (primary N) is 1. The molecule has 0 bridgehead atoms. The van der Waals surface area contributed by atoms with Gasteiger partial charge in [0.2, 0.25) is 0 Å². The van der Waals surface area contributed by atoms with Crippen LogP contribution in [0.4, 0.5) is 11.4 Å². The lowest BCUT2D eigenvalue weighted by Gasteiger charge is -2.22. The van der Waals surface area contributed by atoms with Gasteiger partial charge >= 0.3 is 0 Å². The molecule has 4 nitrogen and oxygen atoms in total. The summed E-state index contributed by atoms with van der Waals surface area (Å²) < 4.78 is 0. The summed E-state index contributed by atoms with van der Waals surface area (Å²) in [5.74, 6) is -0.0288. The van der Waals surface area contributed by atoms with E-state index in [-0.39, 0.29) is 5.91 Å². The predicted molar refractivity (Wildman–Crippen MR) is 79.3 cm³/mol. The van der Waals surface area contributed by atoms with Crippen LogP contribution in [-0.4, -0.2) is 30.9 Å². The highest BCUT2D eigenvalue weighted by Crippen LogP contribution is 2.24. The summed E-state index contributed by atoms with van der Waals surface area (Å²) in [6.07, 6.45) is 7.66. The summed E-state index contributed by atoms with van der Waals surface area (Å²) >= 11 is 0. The van der Waals surface area contributed by atoms with Crippen LogP contribution >= 0.6 is 0 Å². The first kappa shape index (κ1) is 13.5. The van der Waals surface area contributed by atoms with Gasteiger partial charge in [0.15, 0.2) is 0 Å². The second kappa shape index (κ2) is 5.78. The summed E-state index contributed by atoms with van der Waals surface area (Å²) in [6.45, 7) is 0. The Bertz CT molecular complexity index is 494. The molecule has 0 radical (unpaired) electrons. The van der Waals surface area contributed by atoms with Crippen LogP contribution in [0.3, 0.4) is 0 Å². The number of hydrogen-bond donors (Lipinski definition) is 2. The number of nitrogens with one attached hydrogen (secondary N) is 1. The number of amides is 1. The topological polar surface area (TPSA) is 58.4 Å². The number of nitrogen functional groups attached to an aromatic ring is 1. The van der Waals surface area contributed by atoms with Crippen molar-refractivity contribution in [1.82, 2.24) is 4.90 Å². The number of allylic oxidation sites excluding steroid dienone is 1. The van der Waals surface area contributed by atoms with Crippen molar-refractivity contribution in [3.8, 4) is 0 Å². The average Bonchev–Trinajstić information content (AvgIpc) is 2.41. The van der Waals surface area contributed by atoms with Crippen LogP contribution < -0.4 is 11.1 Å². The summed E-state index contributed by atoms with van der Waals surface area (Å²) in [6, 6.07) is 5.88. The molecule has 1 atom stereocenters. The molecule has 0 fully saturated rings. The Hall–Kier alpha value is -1.97. The third-order valence-corrected chi connectivity index (χ3v) is 3.33. The van der Waals surface area contributed by atoms with Crippen LogP contribution in [0.1, 0.15) is 29.6 Å². The molecular weight excluding hydrogens is 238 g/mol. The maximum absolute atomic E-state index is 11.8. The molecule has 0 saturated carbocycles. The second-order valence-corrected chi connectivity index (χ2v) is 5.13. The van der Waals surface area contributed by atoms with Crippen LogP contribution in [0.15, 0.2) is 30.4 Å². The van der Waals surface area contributed by atoms with E-state index in [1.54, 1.807) is 25.1 Å². The molecule has 102 valence electrons. The highest BCUT2D eigenvalue weighted by Gasteiger charge is 2.13. The largest absolute Gasteiger partial charge is 0.397 e. The normalized spacial score (nSPS) is 18.1. The molecule has 1 amide bonds. The minimum atomic E-state index is -0.0288. The first-order chi connectivity index (χ1) is 9.08. The fourth-order valence-electron chi connectivity index (χ4n) is 2.23. The van der Waals surface area contributed by atoms with Gasteiger partial charge in [-0.25, -0.2) is 0 Å². The van der Waals surface area contributed by atoms with Crippen molar-refractivity contribution in [3.63, 3.8) is 0 Å². The van der Waals surface area contributed by atoms with Crippen LogP contribution in [-0.2, 0) is 0 Å².